The Hall–Kier alpha value is -2.43. The number of hydrogen-bond acceptors (Lipinski definition) is 4. The second-order valence-electron chi connectivity index (χ2n) is 5.68. The van der Waals surface area contributed by atoms with Gasteiger partial charge in [-0.15, -0.1) is 10.2 Å². The molecule has 0 saturated heterocycles. The lowest BCUT2D eigenvalue weighted by Crippen LogP contribution is -2.31. The van der Waals surface area contributed by atoms with Crippen LogP contribution in [0.2, 0.25) is 0 Å². The van der Waals surface area contributed by atoms with Crippen LogP contribution in [-0.4, -0.2) is 34.1 Å². The zero-order chi connectivity index (χ0) is 16.8. The Morgan fingerprint density at radius 2 is 1.70 bits per heavy atom. The first-order valence-electron chi connectivity index (χ1n) is 8.05. The number of carbonyl (C=O) groups excluding carboxylic acids is 1. The summed E-state index contributed by atoms with van der Waals surface area (Å²) in [4.78, 5) is 13.9. The van der Waals surface area contributed by atoms with E-state index < -0.39 is 0 Å². The van der Waals surface area contributed by atoms with E-state index in [9.17, 15) is 4.79 Å². The van der Waals surface area contributed by atoms with Gasteiger partial charge in [0.15, 0.2) is 11.5 Å². The van der Waals surface area contributed by atoms with Crippen molar-refractivity contribution in [2.24, 2.45) is 0 Å². The Balaban J connectivity index is 2.06. The first kappa shape index (κ1) is 16.9. The highest BCUT2D eigenvalue weighted by atomic mass is 16.2. The number of hydrogen-bond donors (Lipinski definition) is 1. The Kier molecular flexibility index (Phi) is 5.68. The third kappa shape index (κ3) is 4.28. The minimum Gasteiger partial charge on any atom is -0.339 e. The summed E-state index contributed by atoms with van der Waals surface area (Å²) in [5.74, 6) is 1.04. The lowest BCUT2D eigenvalue weighted by atomic mass is 10.0. The number of amides is 1. The summed E-state index contributed by atoms with van der Waals surface area (Å²) < 4.78 is 0. The molecule has 0 saturated carbocycles. The van der Waals surface area contributed by atoms with Gasteiger partial charge in [-0.05, 0) is 49.6 Å². The Bertz CT molecular complexity index is 631. The van der Waals surface area contributed by atoms with Gasteiger partial charge in [0.25, 0.3) is 5.91 Å². The van der Waals surface area contributed by atoms with Crippen molar-refractivity contribution in [2.45, 2.75) is 33.6 Å². The fourth-order valence-corrected chi connectivity index (χ4v) is 2.29. The maximum Gasteiger partial charge on any atom is 0.274 e. The number of anilines is 2. The van der Waals surface area contributed by atoms with Crippen LogP contribution in [0.1, 0.15) is 49.7 Å². The third-order valence-electron chi connectivity index (χ3n) is 3.78. The van der Waals surface area contributed by atoms with Gasteiger partial charge >= 0.3 is 0 Å². The molecule has 1 aromatic heterocycles. The maximum atomic E-state index is 12.2. The molecule has 0 spiro atoms. The zero-order valence-electron chi connectivity index (χ0n) is 14.2. The van der Waals surface area contributed by atoms with Crippen molar-refractivity contribution >= 4 is 17.4 Å². The normalized spacial score (nSPS) is 10.7. The predicted molar refractivity (Wildman–Crippen MR) is 93.1 cm³/mol. The molecular formula is C18H24N4O. The molecule has 122 valence electrons. The molecular weight excluding hydrogens is 288 g/mol. The van der Waals surface area contributed by atoms with Gasteiger partial charge in [-0.2, -0.15) is 0 Å². The number of nitrogens with zero attached hydrogens (tertiary/aromatic N) is 3. The van der Waals surface area contributed by atoms with Crippen LogP contribution in [-0.2, 0) is 0 Å². The minimum atomic E-state index is -0.0877. The fraction of sp³-hybridized carbons (Fsp3) is 0.389. The van der Waals surface area contributed by atoms with Gasteiger partial charge in [0.2, 0.25) is 0 Å². The molecule has 0 bridgehead atoms. The van der Waals surface area contributed by atoms with Gasteiger partial charge in [-0.3, -0.25) is 4.79 Å². The molecule has 0 radical (unpaired) electrons. The number of benzene rings is 1. The van der Waals surface area contributed by atoms with Crippen LogP contribution >= 0.6 is 0 Å². The minimum absolute atomic E-state index is 0.0877. The molecule has 0 aliphatic rings. The smallest absolute Gasteiger partial charge is 0.274 e. The molecule has 0 aliphatic carbocycles. The molecule has 1 heterocycles. The van der Waals surface area contributed by atoms with Crippen molar-refractivity contribution in [3.63, 3.8) is 0 Å². The lowest BCUT2D eigenvalue weighted by Gasteiger charge is -2.17. The highest BCUT2D eigenvalue weighted by Gasteiger charge is 2.14. The van der Waals surface area contributed by atoms with Crippen LogP contribution < -0.4 is 5.32 Å². The van der Waals surface area contributed by atoms with Gasteiger partial charge in [-0.1, -0.05) is 26.0 Å². The van der Waals surface area contributed by atoms with Crippen molar-refractivity contribution in [3.05, 3.63) is 47.7 Å². The summed E-state index contributed by atoms with van der Waals surface area (Å²) >= 11 is 0. The zero-order valence-corrected chi connectivity index (χ0v) is 14.2. The van der Waals surface area contributed by atoms with E-state index >= 15 is 0 Å². The summed E-state index contributed by atoms with van der Waals surface area (Å²) in [6.45, 7) is 9.56. The number of rotatable bonds is 6. The Morgan fingerprint density at radius 3 is 2.17 bits per heavy atom. The van der Waals surface area contributed by atoms with Crippen LogP contribution in [0, 0.1) is 0 Å². The monoisotopic (exact) mass is 312 g/mol. The van der Waals surface area contributed by atoms with Gasteiger partial charge in [0.05, 0.1) is 0 Å². The van der Waals surface area contributed by atoms with E-state index in [1.807, 2.05) is 26.0 Å². The Morgan fingerprint density at radius 1 is 1.04 bits per heavy atom. The molecule has 0 atom stereocenters. The summed E-state index contributed by atoms with van der Waals surface area (Å²) in [6.07, 6.45) is 0. The summed E-state index contributed by atoms with van der Waals surface area (Å²) in [7, 11) is 0. The van der Waals surface area contributed by atoms with E-state index in [1.54, 1.807) is 17.0 Å². The molecule has 1 aromatic carbocycles. The molecule has 5 nitrogen and oxygen atoms in total. The van der Waals surface area contributed by atoms with Crippen molar-refractivity contribution in [3.8, 4) is 0 Å². The van der Waals surface area contributed by atoms with Crippen LogP contribution in [0.15, 0.2) is 36.4 Å². The van der Waals surface area contributed by atoms with Crippen molar-refractivity contribution in [2.75, 3.05) is 18.4 Å². The van der Waals surface area contributed by atoms with E-state index in [-0.39, 0.29) is 5.91 Å². The summed E-state index contributed by atoms with van der Waals surface area (Å²) in [5, 5.41) is 11.3. The van der Waals surface area contributed by atoms with E-state index in [1.165, 1.54) is 5.56 Å². The fourth-order valence-electron chi connectivity index (χ4n) is 2.29. The predicted octanol–water partition coefficient (Wildman–Crippen LogP) is 3.83. The summed E-state index contributed by atoms with van der Waals surface area (Å²) in [5.41, 5.74) is 2.61. The largest absolute Gasteiger partial charge is 0.339 e. The molecule has 2 aromatic rings. The highest BCUT2D eigenvalue weighted by molar-refractivity contribution is 5.92. The maximum absolute atomic E-state index is 12.2. The van der Waals surface area contributed by atoms with Gasteiger partial charge in [0, 0.05) is 18.8 Å². The second-order valence-corrected chi connectivity index (χ2v) is 5.68. The topological polar surface area (TPSA) is 58.1 Å². The quantitative estimate of drug-likeness (QED) is 0.881. The van der Waals surface area contributed by atoms with Crippen molar-refractivity contribution < 1.29 is 4.79 Å². The number of nitrogens with one attached hydrogen (secondary N) is 1. The third-order valence-corrected chi connectivity index (χ3v) is 3.78. The standard InChI is InChI=1S/C18H24N4O/c1-5-22(6-2)18(23)16-11-12-17(21-20-16)19-15-9-7-14(8-10-15)13(3)4/h7-13H,5-6H2,1-4H3,(H,19,21). The van der Waals surface area contributed by atoms with E-state index in [0.29, 0.717) is 30.5 Å². The van der Waals surface area contributed by atoms with Crippen molar-refractivity contribution in [1.82, 2.24) is 15.1 Å². The van der Waals surface area contributed by atoms with Gasteiger partial charge < -0.3 is 10.2 Å². The van der Waals surface area contributed by atoms with Gasteiger partial charge in [-0.25, -0.2) is 0 Å². The van der Waals surface area contributed by atoms with Crippen LogP contribution in [0.25, 0.3) is 0 Å². The molecule has 0 unspecified atom stereocenters. The molecule has 0 fully saturated rings. The first-order valence-corrected chi connectivity index (χ1v) is 8.05. The van der Waals surface area contributed by atoms with Gasteiger partial charge in [0.1, 0.15) is 0 Å². The van der Waals surface area contributed by atoms with Crippen LogP contribution in [0.4, 0.5) is 11.5 Å². The number of aromatic nitrogens is 2. The molecule has 1 N–H and O–H groups in total. The van der Waals surface area contributed by atoms with Crippen LogP contribution in [0.5, 0.6) is 0 Å². The van der Waals surface area contributed by atoms with E-state index in [0.717, 1.165) is 5.69 Å². The molecule has 0 aliphatic heterocycles. The average molecular weight is 312 g/mol. The lowest BCUT2D eigenvalue weighted by molar-refractivity contribution is 0.0766. The average Bonchev–Trinajstić information content (AvgIpc) is 2.57. The Labute approximate surface area is 137 Å². The molecule has 2 rings (SSSR count). The van der Waals surface area contributed by atoms with E-state index in [4.69, 9.17) is 0 Å². The van der Waals surface area contributed by atoms with E-state index in [2.05, 4.69) is 41.5 Å². The number of carbonyl (C=O) groups is 1. The first-order chi connectivity index (χ1) is 11.0. The molecule has 23 heavy (non-hydrogen) atoms. The molecule has 5 heteroatoms. The highest BCUT2D eigenvalue weighted by Crippen LogP contribution is 2.19. The summed E-state index contributed by atoms with van der Waals surface area (Å²) in [6, 6.07) is 11.7. The van der Waals surface area contributed by atoms with Crippen LogP contribution in [0.3, 0.4) is 0 Å². The molecule has 1 amide bonds. The van der Waals surface area contributed by atoms with Crippen molar-refractivity contribution in [1.29, 1.82) is 0 Å². The SMILES string of the molecule is CCN(CC)C(=O)c1ccc(Nc2ccc(C(C)C)cc2)nn1. The second kappa shape index (κ2) is 7.72.